The molecule has 0 amide bonds. The van der Waals surface area contributed by atoms with Crippen molar-refractivity contribution in [2.45, 2.75) is 44.0 Å². The number of aryl methyl sites for hydroxylation is 1. The van der Waals surface area contributed by atoms with Gasteiger partial charge in [0.2, 0.25) is 10.0 Å². The number of nitrogens with one attached hydrogen (secondary N) is 1. The van der Waals surface area contributed by atoms with Crippen molar-refractivity contribution in [3.8, 4) is 0 Å². The first-order valence-electron chi connectivity index (χ1n) is 5.92. The van der Waals surface area contributed by atoms with Gasteiger partial charge in [-0.05, 0) is 51.2 Å². The number of benzene rings is 1. The van der Waals surface area contributed by atoms with E-state index < -0.39 is 10.0 Å². The second kappa shape index (κ2) is 4.10. The van der Waals surface area contributed by atoms with Crippen LogP contribution in [0.1, 0.15) is 32.3 Å². The third-order valence-electron chi connectivity index (χ3n) is 3.38. The second-order valence-electron chi connectivity index (χ2n) is 5.37. The Labute approximate surface area is 103 Å². The van der Waals surface area contributed by atoms with E-state index in [1.807, 2.05) is 32.9 Å². The molecule has 17 heavy (non-hydrogen) atoms. The van der Waals surface area contributed by atoms with Gasteiger partial charge in [0.05, 0.1) is 4.90 Å². The monoisotopic (exact) mass is 253 g/mol. The summed E-state index contributed by atoms with van der Waals surface area (Å²) in [4.78, 5) is 0.383. The summed E-state index contributed by atoms with van der Waals surface area (Å²) in [5.74, 6) is 0.473. The van der Waals surface area contributed by atoms with Gasteiger partial charge in [-0.3, -0.25) is 0 Å². The SMILES string of the molecule is Cc1ccccc1S(=O)(=O)NC(C)(C)C1CC1. The molecule has 1 saturated carbocycles. The molecule has 1 fully saturated rings. The minimum Gasteiger partial charge on any atom is -0.207 e. The van der Waals surface area contributed by atoms with Crippen LogP contribution in [-0.2, 0) is 10.0 Å². The van der Waals surface area contributed by atoms with Crippen molar-refractivity contribution < 1.29 is 8.42 Å². The molecule has 0 radical (unpaired) electrons. The Morgan fingerprint density at radius 2 is 1.82 bits per heavy atom. The lowest BCUT2D eigenvalue weighted by molar-refractivity contribution is 0.400. The molecular weight excluding hydrogens is 234 g/mol. The molecule has 1 aromatic rings. The summed E-state index contributed by atoms with van der Waals surface area (Å²) in [6.07, 6.45) is 2.23. The molecule has 2 rings (SSSR count). The topological polar surface area (TPSA) is 46.2 Å². The molecule has 0 bridgehead atoms. The van der Waals surface area contributed by atoms with E-state index in [1.165, 1.54) is 0 Å². The molecule has 1 N–H and O–H groups in total. The maximum atomic E-state index is 12.3. The maximum Gasteiger partial charge on any atom is 0.241 e. The molecule has 0 heterocycles. The molecule has 1 aromatic carbocycles. The van der Waals surface area contributed by atoms with E-state index in [2.05, 4.69) is 4.72 Å². The molecule has 0 atom stereocenters. The largest absolute Gasteiger partial charge is 0.241 e. The minimum absolute atomic E-state index is 0.346. The minimum atomic E-state index is -3.40. The quantitative estimate of drug-likeness (QED) is 0.896. The first-order valence-corrected chi connectivity index (χ1v) is 7.41. The van der Waals surface area contributed by atoms with E-state index in [9.17, 15) is 8.42 Å². The van der Waals surface area contributed by atoms with Crippen LogP contribution in [0, 0.1) is 12.8 Å². The van der Waals surface area contributed by atoms with E-state index in [-0.39, 0.29) is 5.54 Å². The highest BCUT2D eigenvalue weighted by Crippen LogP contribution is 2.40. The van der Waals surface area contributed by atoms with Crippen LogP contribution in [0.4, 0.5) is 0 Å². The summed E-state index contributed by atoms with van der Waals surface area (Å²) in [7, 11) is -3.40. The van der Waals surface area contributed by atoms with E-state index >= 15 is 0 Å². The van der Waals surface area contributed by atoms with E-state index in [1.54, 1.807) is 12.1 Å². The van der Waals surface area contributed by atoms with Crippen LogP contribution in [0.2, 0.25) is 0 Å². The van der Waals surface area contributed by atoms with Crippen LogP contribution in [0.25, 0.3) is 0 Å². The van der Waals surface area contributed by atoms with Gasteiger partial charge in [0.15, 0.2) is 0 Å². The Morgan fingerprint density at radius 3 is 2.35 bits per heavy atom. The lowest BCUT2D eigenvalue weighted by atomic mass is 10.0. The predicted molar refractivity (Wildman–Crippen MR) is 68.3 cm³/mol. The summed E-state index contributed by atoms with van der Waals surface area (Å²) in [6.45, 7) is 5.74. The zero-order valence-corrected chi connectivity index (χ0v) is 11.3. The molecule has 0 aliphatic heterocycles. The molecule has 94 valence electrons. The number of sulfonamides is 1. The van der Waals surface area contributed by atoms with Crippen LogP contribution in [0.5, 0.6) is 0 Å². The van der Waals surface area contributed by atoms with Gasteiger partial charge in [-0.15, -0.1) is 0 Å². The fourth-order valence-corrected chi connectivity index (χ4v) is 3.87. The van der Waals surface area contributed by atoms with Gasteiger partial charge in [-0.2, -0.15) is 0 Å². The Balaban J connectivity index is 2.28. The standard InChI is InChI=1S/C13H19NO2S/c1-10-6-4-5-7-12(10)17(15,16)14-13(2,3)11-8-9-11/h4-7,11,14H,8-9H2,1-3H3. The van der Waals surface area contributed by atoms with Gasteiger partial charge in [0.25, 0.3) is 0 Å². The molecule has 4 heteroatoms. The van der Waals surface area contributed by atoms with Gasteiger partial charge in [-0.1, -0.05) is 18.2 Å². The van der Waals surface area contributed by atoms with Gasteiger partial charge >= 0.3 is 0 Å². The van der Waals surface area contributed by atoms with Crippen LogP contribution < -0.4 is 4.72 Å². The fourth-order valence-electron chi connectivity index (χ4n) is 2.15. The average molecular weight is 253 g/mol. The molecule has 3 nitrogen and oxygen atoms in total. The molecule has 1 aliphatic carbocycles. The fraction of sp³-hybridized carbons (Fsp3) is 0.538. The highest BCUT2D eigenvalue weighted by molar-refractivity contribution is 7.89. The van der Waals surface area contributed by atoms with E-state index in [0.717, 1.165) is 18.4 Å². The highest BCUT2D eigenvalue weighted by Gasteiger charge is 2.40. The molecule has 0 unspecified atom stereocenters. The zero-order valence-electron chi connectivity index (χ0n) is 10.5. The summed E-state index contributed by atoms with van der Waals surface area (Å²) in [6, 6.07) is 7.07. The molecule has 0 spiro atoms. The van der Waals surface area contributed by atoms with Gasteiger partial charge in [-0.25, -0.2) is 13.1 Å². The first kappa shape index (κ1) is 12.6. The van der Waals surface area contributed by atoms with E-state index in [4.69, 9.17) is 0 Å². The summed E-state index contributed by atoms with van der Waals surface area (Å²) in [5.41, 5.74) is 0.438. The van der Waals surface area contributed by atoms with Crippen molar-refractivity contribution in [3.63, 3.8) is 0 Å². The Hall–Kier alpha value is -0.870. The first-order chi connectivity index (χ1) is 7.83. The Morgan fingerprint density at radius 1 is 1.24 bits per heavy atom. The smallest absolute Gasteiger partial charge is 0.207 e. The summed E-state index contributed by atoms with van der Waals surface area (Å²) < 4.78 is 27.4. The summed E-state index contributed by atoms with van der Waals surface area (Å²) in [5, 5.41) is 0. The van der Waals surface area contributed by atoms with Crippen LogP contribution in [-0.4, -0.2) is 14.0 Å². The highest BCUT2D eigenvalue weighted by atomic mass is 32.2. The predicted octanol–water partition coefficient (Wildman–Crippen LogP) is 2.46. The van der Waals surface area contributed by atoms with Crippen LogP contribution in [0.15, 0.2) is 29.2 Å². The number of hydrogen-bond donors (Lipinski definition) is 1. The van der Waals surface area contributed by atoms with Crippen molar-refractivity contribution in [1.82, 2.24) is 4.72 Å². The average Bonchev–Trinajstić information content (AvgIpc) is 2.99. The zero-order chi connectivity index (χ0) is 12.7. The van der Waals surface area contributed by atoms with Crippen LogP contribution in [0.3, 0.4) is 0 Å². The normalized spacial score (nSPS) is 17.1. The number of hydrogen-bond acceptors (Lipinski definition) is 2. The van der Waals surface area contributed by atoms with Gasteiger partial charge < -0.3 is 0 Å². The Kier molecular flexibility index (Phi) is 3.04. The molecule has 1 aliphatic rings. The van der Waals surface area contributed by atoms with Crippen molar-refractivity contribution >= 4 is 10.0 Å². The molecule has 0 aromatic heterocycles. The van der Waals surface area contributed by atoms with Gasteiger partial charge in [0.1, 0.15) is 0 Å². The third-order valence-corrected chi connectivity index (χ3v) is 5.21. The Bertz CT molecular complexity index is 516. The van der Waals surface area contributed by atoms with E-state index in [0.29, 0.717) is 10.8 Å². The van der Waals surface area contributed by atoms with Crippen LogP contribution >= 0.6 is 0 Å². The molecule has 0 saturated heterocycles. The van der Waals surface area contributed by atoms with Crippen molar-refractivity contribution in [3.05, 3.63) is 29.8 Å². The van der Waals surface area contributed by atoms with Crippen molar-refractivity contribution in [2.75, 3.05) is 0 Å². The third kappa shape index (κ3) is 2.69. The molecular formula is C13H19NO2S. The van der Waals surface area contributed by atoms with Crippen molar-refractivity contribution in [1.29, 1.82) is 0 Å². The number of rotatable bonds is 4. The summed E-state index contributed by atoms with van der Waals surface area (Å²) >= 11 is 0. The van der Waals surface area contributed by atoms with Crippen molar-refractivity contribution in [2.24, 2.45) is 5.92 Å². The lowest BCUT2D eigenvalue weighted by Gasteiger charge is -2.26. The lowest BCUT2D eigenvalue weighted by Crippen LogP contribution is -2.45. The maximum absolute atomic E-state index is 12.3. The second-order valence-corrected chi connectivity index (χ2v) is 7.02. The van der Waals surface area contributed by atoms with Gasteiger partial charge in [0, 0.05) is 5.54 Å².